The molecule has 2 aromatic rings. The predicted octanol–water partition coefficient (Wildman–Crippen LogP) is 4.32. The van der Waals surface area contributed by atoms with Crippen LogP contribution in [-0.4, -0.2) is 0 Å². The molecule has 0 bridgehead atoms. The minimum Gasteiger partial charge on any atom is -0.326 e. The molecule has 1 heteroatoms. The van der Waals surface area contributed by atoms with E-state index in [1.165, 1.54) is 27.8 Å². The van der Waals surface area contributed by atoms with Crippen molar-refractivity contribution in [3.05, 3.63) is 59.2 Å². The van der Waals surface area contributed by atoms with E-state index in [9.17, 15) is 0 Å². The zero-order valence-electron chi connectivity index (χ0n) is 12.1. The average Bonchev–Trinajstić information content (AvgIpc) is 2.38. The highest BCUT2D eigenvalue weighted by atomic mass is 14.5. The molecule has 2 aromatic carbocycles. The van der Waals surface area contributed by atoms with E-state index >= 15 is 0 Å². The molecule has 0 aromatic heterocycles. The molecule has 0 spiro atoms. The van der Waals surface area contributed by atoms with Crippen LogP contribution in [0.4, 0.5) is 0 Å². The molecule has 0 aliphatic rings. The van der Waals surface area contributed by atoms with Crippen LogP contribution >= 0.6 is 0 Å². The van der Waals surface area contributed by atoms with Crippen molar-refractivity contribution >= 4 is 0 Å². The van der Waals surface area contributed by atoms with Crippen LogP contribution in [0.15, 0.2) is 42.5 Å². The fraction of sp³-hybridized carbons (Fsp3) is 0.333. The van der Waals surface area contributed by atoms with Crippen molar-refractivity contribution in [3.8, 4) is 11.1 Å². The maximum Gasteiger partial charge on any atom is 0.0184 e. The fourth-order valence-corrected chi connectivity index (χ4v) is 2.47. The lowest BCUT2D eigenvalue weighted by molar-refractivity contribution is 0.647. The van der Waals surface area contributed by atoms with Gasteiger partial charge in [0.2, 0.25) is 0 Å². The normalized spacial score (nSPS) is 11.0. The summed E-state index contributed by atoms with van der Waals surface area (Å²) >= 11 is 0. The van der Waals surface area contributed by atoms with Crippen LogP contribution in [0.5, 0.6) is 0 Å². The lowest BCUT2D eigenvalue weighted by atomic mass is 9.94. The van der Waals surface area contributed by atoms with Crippen LogP contribution in [0.1, 0.15) is 30.5 Å². The standard InChI is InChI=1S/C18H23N/c1-13(2)9-15-5-4-6-16(11-15)18-10-14(3)7-8-17(18)12-19/h4-8,10-11,13H,9,12,19H2,1-3H3. The molecule has 0 amide bonds. The lowest BCUT2D eigenvalue weighted by Gasteiger charge is -2.12. The number of nitrogens with two attached hydrogens (primary N) is 1. The smallest absolute Gasteiger partial charge is 0.0184 e. The van der Waals surface area contributed by atoms with E-state index in [4.69, 9.17) is 5.73 Å². The largest absolute Gasteiger partial charge is 0.326 e. The summed E-state index contributed by atoms with van der Waals surface area (Å²) in [5.41, 5.74) is 12.3. The minimum absolute atomic E-state index is 0.587. The van der Waals surface area contributed by atoms with Gasteiger partial charge in [-0.2, -0.15) is 0 Å². The van der Waals surface area contributed by atoms with Crippen LogP contribution in [0.3, 0.4) is 0 Å². The molecule has 0 fully saturated rings. The second-order valence-electron chi connectivity index (χ2n) is 5.66. The Labute approximate surface area is 116 Å². The van der Waals surface area contributed by atoms with Gasteiger partial charge in [0.15, 0.2) is 0 Å². The van der Waals surface area contributed by atoms with Crippen molar-refractivity contribution in [1.29, 1.82) is 0 Å². The second kappa shape index (κ2) is 6.03. The van der Waals surface area contributed by atoms with E-state index in [0.29, 0.717) is 12.5 Å². The monoisotopic (exact) mass is 253 g/mol. The van der Waals surface area contributed by atoms with E-state index < -0.39 is 0 Å². The van der Waals surface area contributed by atoms with Crippen molar-refractivity contribution in [2.24, 2.45) is 11.7 Å². The molecule has 0 aliphatic carbocycles. The molecule has 0 unspecified atom stereocenters. The Kier molecular flexibility index (Phi) is 4.39. The number of aryl methyl sites for hydroxylation is 1. The molecule has 19 heavy (non-hydrogen) atoms. The van der Waals surface area contributed by atoms with Crippen molar-refractivity contribution in [3.63, 3.8) is 0 Å². The van der Waals surface area contributed by atoms with Gasteiger partial charge in [0.05, 0.1) is 0 Å². The molecule has 0 radical (unpaired) electrons. The van der Waals surface area contributed by atoms with Gasteiger partial charge in [-0.05, 0) is 41.5 Å². The summed E-state index contributed by atoms with van der Waals surface area (Å²) in [5.74, 6) is 0.682. The average molecular weight is 253 g/mol. The molecule has 0 saturated heterocycles. The van der Waals surface area contributed by atoms with E-state index in [-0.39, 0.29) is 0 Å². The number of hydrogen-bond acceptors (Lipinski definition) is 1. The highest BCUT2D eigenvalue weighted by molar-refractivity contribution is 5.68. The number of hydrogen-bond donors (Lipinski definition) is 1. The van der Waals surface area contributed by atoms with Gasteiger partial charge in [-0.3, -0.25) is 0 Å². The Morgan fingerprint density at radius 2 is 1.84 bits per heavy atom. The highest BCUT2D eigenvalue weighted by Gasteiger charge is 2.06. The van der Waals surface area contributed by atoms with Crippen LogP contribution in [0, 0.1) is 12.8 Å². The van der Waals surface area contributed by atoms with Crippen LogP contribution < -0.4 is 5.73 Å². The molecule has 100 valence electrons. The van der Waals surface area contributed by atoms with Gasteiger partial charge in [-0.25, -0.2) is 0 Å². The lowest BCUT2D eigenvalue weighted by Crippen LogP contribution is -2.00. The van der Waals surface area contributed by atoms with Gasteiger partial charge < -0.3 is 5.73 Å². The molecular formula is C18H23N. The minimum atomic E-state index is 0.587. The van der Waals surface area contributed by atoms with Gasteiger partial charge in [-0.1, -0.05) is 61.9 Å². The summed E-state index contributed by atoms with van der Waals surface area (Å²) in [4.78, 5) is 0. The van der Waals surface area contributed by atoms with E-state index in [1.54, 1.807) is 0 Å². The summed E-state index contributed by atoms with van der Waals surface area (Å²) < 4.78 is 0. The Hall–Kier alpha value is -1.60. The number of benzene rings is 2. The van der Waals surface area contributed by atoms with Gasteiger partial charge in [-0.15, -0.1) is 0 Å². The Morgan fingerprint density at radius 1 is 1.05 bits per heavy atom. The van der Waals surface area contributed by atoms with Gasteiger partial charge in [0.1, 0.15) is 0 Å². The maximum atomic E-state index is 5.86. The van der Waals surface area contributed by atoms with Crippen molar-refractivity contribution < 1.29 is 0 Å². The molecule has 0 atom stereocenters. The highest BCUT2D eigenvalue weighted by Crippen LogP contribution is 2.26. The summed E-state index contributed by atoms with van der Waals surface area (Å²) in [6.07, 6.45) is 1.12. The molecular weight excluding hydrogens is 230 g/mol. The SMILES string of the molecule is Cc1ccc(CN)c(-c2cccc(CC(C)C)c2)c1. The molecule has 0 saturated carbocycles. The summed E-state index contributed by atoms with van der Waals surface area (Å²) in [6, 6.07) is 15.3. The molecule has 0 heterocycles. The van der Waals surface area contributed by atoms with Gasteiger partial charge >= 0.3 is 0 Å². The molecule has 2 N–H and O–H groups in total. The molecule has 2 rings (SSSR count). The third-order valence-corrected chi connectivity index (χ3v) is 3.37. The van der Waals surface area contributed by atoms with Crippen LogP contribution in [-0.2, 0) is 13.0 Å². The number of rotatable bonds is 4. The first-order valence-corrected chi connectivity index (χ1v) is 6.99. The molecule has 0 aliphatic heterocycles. The third-order valence-electron chi connectivity index (χ3n) is 3.37. The maximum absolute atomic E-state index is 5.86. The van der Waals surface area contributed by atoms with E-state index in [0.717, 1.165) is 6.42 Å². The molecule has 1 nitrogen and oxygen atoms in total. The van der Waals surface area contributed by atoms with Gasteiger partial charge in [0, 0.05) is 6.54 Å². The Morgan fingerprint density at radius 3 is 2.53 bits per heavy atom. The van der Waals surface area contributed by atoms with Crippen LogP contribution in [0.2, 0.25) is 0 Å². The van der Waals surface area contributed by atoms with Crippen molar-refractivity contribution in [1.82, 2.24) is 0 Å². The summed E-state index contributed by atoms with van der Waals surface area (Å²) in [6.45, 7) is 7.22. The quantitative estimate of drug-likeness (QED) is 0.863. The predicted molar refractivity (Wildman–Crippen MR) is 83.0 cm³/mol. The Bertz CT molecular complexity index is 555. The second-order valence-corrected chi connectivity index (χ2v) is 5.66. The summed E-state index contributed by atoms with van der Waals surface area (Å²) in [7, 11) is 0. The zero-order valence-corrected chi connectivity index (χ0v) is 12.1. The topological polar surface area (TPSA) is 26.0 Å². The van der Waals surface area contributed by atoms with E-state index in [2.05, 4.69) is 63.2 Å². The Balaban J connectivity index is 2.43. The zero-order chi connectivity index (χ0) is 13.8. The van der Waals surface area contributed by atoms with Crippen LogP contribution in [0.25, 0.3) is 11.1 Å². The van der Waals surface area contributed by atoms with E-state index in [1.807, 2.05) is 0 Å². The summed E-state index contributed by atoms with van der Waals surface area (Å²) in [5, 5.41) is 0. The van der Waals surface area contributed by atoms with Crippen molar-refractivity contribution in [2.45, 2.75) is 33.7 Å². The first kappa shape index (κ1) is 13.8. The third kappa shape index (κ3) is 3.45. The first-order chi connectivity index (χ1) is 9.10. The van der Waals surface area contributed by atoms with Gasteiger partial charge in [0.25, 0.3) is 0 Å². The van der Waals surface area contributed by atoms with Crippen molar-refractivity contribution in [2.75, 3.05) is 0 Å². The fourth-order valence-electron chi connectivity index (χ4n) is 2.47. The first-order valence-electron chi connectivity index (χ1n) is 6.99.